The SMILES string of the molecule is Cc1ccc(-c2csc(=O)n2CC(=O)NC(C)c2ccccc2)cc1. The van der Waals surface area contributed by atoms with Crippen LogP contribution in [-0.4, -0.2) is 10.5 Å². The van der Waals surface area contributed by atoms with Gasteiger partial charge < -0.3 is 5.32 Å². The molecule has 2 aromatic carbocycles. The van der Waals surface area contributed by atoms with Gasteiger partial charge in [0.2, 0.25) is 5.91 Å². The van der Waals surface area contributed by atoms with Crippen LogP contribution in [0.1, 0.15) is 24.1 Å². The van der Waals surface area contributed by atoms with Crippen molar-refractivity contribution in [2.24, 2.45) is 0 Å². The Morgan fingerprint density at radius 1 is 1.12 bits per heavy atom. The number of rotatable bonds is 5. The van der Waals surface area contributed by atoms with Crippen molar-refractivity contribution in [3.63, 3.8) is 0 Å². The van der Waals surface area contributed by atoms with Crippen LogP contribution in [0.2, 0.25) is 0 Å². The molecular weight excluding hydrogens is 332 g/mol. The zero-order chi connectivity index (χ0) is 17.8. The van der Waals surface area contributed by atoms with Crippen LogP contribution in [0.25, 0.3) is 11.3 Å². The van der Waals surface area contributed by atoms with Crippen LogP contribution in [0.4, 0.5) is 0 Å². The van der Waals surface area contributed by atoms with E-state index in [1.165, 1.54) is 4.57 Å². The van der Waals surface area contributed by atoms with Crippen LogP contribution in [0.3, 0.4) is 0 Å². The fraction of sp³-hybridized carbons (Fsp3) is 0.200. The first-order valence-electron chi connectivity index (χ1n) is 8.14. The van der Waals surface area contributed by atoms with Gasteiger partial charge in [-0.05, 0) is 25.0 Å². The molecule has 0 aliphatic carbocycles. The van der Waals surface area contributed by atoms with Crippen molar-refractivity contribution in [1.29, 1.82) is 0 Å². The number of amides is 1. The number of aromatic nitrogens is 1. The van der Waals surface area contributed by atoms with Crippen molar-refractivity contribution >= 4 is 17.2 Å². The minimum atomic E-state index is -0.176. The summed E-state index contributed by atoms with van der Waals surface area (Å²) >= 11 is 1.11. The largest absolute Gasteiger partial charge is 0.348 e. The zero-order valence-corrected chi connectivity index (χ0v) is 15.0. The summed E-state index contributed by atoms with van der Waals surface area (Å²) in [5.41, 5.74) is 3.90. The lowest BCUT2D eigenvalue weighted by molar-refractivity contribution is -0.122. The Balaban J connectivity index is 1.77. The second-order valence-electron chi connectivity index (χ2n) is 6.04. The number of carbonyl (C=O) groups is 1. The predicted molar refractivity (Wildman–Crippen MR) is 102 cm³/mol. The molecule has 4 nitrogen and oxygen atoms in total. The smallest absolute Gasteiger partial charge is 0.308 e. The van der Waals surface area contributed by atoms with E-state index >= 15 is 0 Å². The van der Waals surface area contributed by atoms with Gasteiger partial charge in [0.1, 0.15) is 6.54 Å². The molecule has 0 aliphatic heterocycles. The number of benzene rings is 2. The summed E-state index contributed by atoms with van der Waals surface area (Å²) in [6.45, 7) is 3.97. The fourth-order valence-electron chi connectivity index (χ4n) is 2.69. The van der Waals surface area contributed by atoms with Crippen molar-refractivity contribution in [2.45, 2.75) is 26.4 Å². The summed E-state index contributed by atoms with van der Waals surface area (Å²) in [7, 11) is 0. The van der Waals surface area contributed by atoms with Gasteiger partial charge in [-0.25, -0.2) is 0 Å². The molecule has 25 heavy (non-hydrogen) atoms. The van der Waals surface area contributed by atoms with Crippen molar-refractivity contribution < 1.29 is 4.79 Å². The van der Waals surface area contributed by atoms with E-state index in [9.17, 15) is 9.59 Å². The van der Waals surface area contributed by atoms with Gasteiger partial charge in [-0.2, -0.15) is 0 Å². The molecule has 0 radical (unpaired) electrons. The van der Waals surface area contributed by atoms with Gasteiger partial charge >= 0.3 is 4.87 Å². The summed E-state index contributed by atoms with van der Waals surface area (Å²) in [6, 6.07) is 17.6. The number of carbonyl (C=O) groups excluding carboxylic acids is 1. The lowest BCUT2D eigenvalue weighted by Crippen LogP contribution is -2.32. The third-order valence-electron chi connectivity index (χ3n) is 4.11. The molecule has 0 bridgehead atoms. The Labute approximate surface area is 150 Å². The molecule has 1 amide bonds. The van der Waals surface area contributed by atoms with E-state index in [1.54, 1.807) is 5.38 Å². The second-order valence-corrected chi connectivity index (χ2v) is 6.86. The molecule has 1 N–H and O–H groups in total. The predicted octanol–water partition coefficient (Wildman–Crippen LogP) is 3.76. The molecule has 0 aliphatic rings. The maximum atomic E-state index is 12.4. The van der Waals surface area contributed by atoms with E-state index in [0.29, 0.717) is 0 Å². The first kappa shape index (κ1) is 17.2. The minimum absolute atomic E-state index is 0.0166. The van der Waals surface area contributed by atoms with Gasteiger partial charge in [-0.1, -0.05) is 71.5 Å². The number of hydrogen-bond donors (Lipinski definition) is 1. The monoisotopic (exact) mass is 352 g/mol. The topological polar surface area (TPSA) is 51.1 Å². The van der Waals surface area contributed by atoms with E-state index in [0.717, 1.165) is 33.7 Å². The summed E-state index contributed by atoms with van der Waals surface area (Å²) < 4.78 is 1.53. The van der Waals surface area contributed by atoms with E-state index in [1.807, 2.05) is 68.4 Å². The maximum Gasteiger partial charge on any atom is 0.308 e. The van der Waals surface area contributed by atoms with Crippen molar-refractivity contribution in [3.05, 3.63) is 80.8 Å². The van der Waals surface area contributed by atoms with Gasteiger partial charge in [-0.15, -0.1) is 0 Å². The molecule has 128 valence electrons. The average Bonchev–Trinajstić information content (AvgIpc) is 2.97. The molecule has 5 heteroatoms. The Morgan fingerprint density at radius 2 is 1.80 bits per heavy atom. The Bertz CT molecular complexity index is 911. The first-order valence-corrected chi connectivity index (χ1v) is 9.02. The highest BCUT2D eigenvalue weighted by molar-refractivity contribution is 7.07. The molecule has 0 spiro atoms. The molecule has 0 fully saturated rings. The summed E-state index contributed by atoms with van der Waals surface area (Å²) in [5.74, 6) is -0.176. The van der Waals surface area contributed by atoms with Gasteiger partial charge in [0.05, 0.1) is 11.7 Å². The molecule has 3 rings (SSSR count). The third kappa shape index (κ3) is 4.06. The number of aryl methyl sites for hydroxylation is 1. The zero-order valence-electron chi connectivity index (χ0n) is 14.2. The van der Waals surface area contributed by atoms with Gasteiger partial charge in [-0.3, -0.25) is 14.2 Å². The van der Waals surface area contributed by atoms with Crippen LogP contribution in [-0.2, 0) is 11.3 Å². The van der Waals surface area contributed by atoms with Crippen LogP contribution in [0.5, 0.6) is 0 Å². The number of nitrogens with zero attached hydrogens (tertiary/aromatic N) is 1. The van der Waals surface area contributed by atoms with Gasteiger partial charge in [0, 0.05) is 5.38 Å². The highest BCUT2D eigenvalue weighted by Gasteiger charge is 2.14. The summed E-state index contributed by atoms with van der Waals surface area (Å²) in [5, 5.41) is 4.76. The highest BCUT2D eigenvalue weighted by atomic mass is 32.1. The Kier molecular flexibility index (Phi) is 5.14. The molecule has 0 saturated carbocycles. The Morgan fingerprint density at radius 3 is 2.48 bits per heavy atom. The normalized spacial score (nSPS) is 11.9. The van der Waals surface area contributed by atoms with Crippen LogP contribution < -0.4 is 10.2 Å². The number of nitrogens with one attached hydrogen (secondary N) is 1. The highest BCUT2D eigenvalue weighted by Crippen LogP contribution is 2.20. The fourth-order valence-corrected chi connectivity index (χ4v) is 3.45. The van der Waals surface area contributed by atoms with Gasteiger partial charge in [0.15, 0.2) is 0 Å². The van der Waals surface area contributed by atoms with Gasteiger partial charge in [0.25, 0.3) is 0 Å². The molecule has 1 atom stereocenters. The van der Waals surface area contributed by atoms with Crippen molar-refractivity contribution in [3.8, 4) is 11.3 Å². The molecular formula is C20H20N2O2S. The lowest BCUT2D eigenvalue weighted by Gasteiger charge is -2.15. The van der Waals surface area contributed by atoms with E-state index in [4.69, 9.17) is 0 Å². The maximum absolute atomic E-state index is 12.4. The average molecular weight is 352 g/mol. The summed E-state index contributed by atoms with van der Waals surface area (Å²) in [4.78, 5) is 24.5. The first-order chi connectivity index (χ1) is 12.0. The summed E-state index contributed by atoms with van der Waals surface area (Å²) in [6.07, 6.45) is 0. The van der Waals surface area contributed by atoms with E-state index in [2.05, 4.69) is 5.32 Å². The van der Waals surface area contributed by atoms with Crippen LogP contribution in [0.15, 0.2) is 64.8 Å². The standard InChI is InChI=1S/C20H20N2O2S/c1-14-8-10-17(11-9-14)18-13-25-20(24)22(18)12-19(23)21-15(2)16-6-4-3-5-7-16/h3-11,13,15H,12H2,1-2H3,(H,21,23). The van der Waals surface area contributed by atoms with Crippen molar-refractivity contribution in [1.82, 2.24) is 9.88 Å². The molecule has 1 unspecified atom stereocenters. The number of thiazole rings is 1. The van der Waals surface area contributed by atoms with E-state index < -0.39 is 0 Å². The molecule has 0 saturated heterocycles. The second kappa shape index (κ2) is 7.49. The Hall–Kier alpha value is -2.66. The van der Waals surface area contributed by atoms with Crippen LogP contribution >= 0.6 is 11.3 Å². The number of hydrogen-bond acceptors (Lipinski definition) is 3. The minimum Gasteiger partial charge on any atom is -0.348 e. The quantitative estimate of drug-likeness (QED) is 0.760. The lowest BCUT2D eigenvalue weighted by atomic mass is 10.1. The molecule has 3 aromatic rings. The molecule has 1 aromatic heterocycles. The van der Waals surface area contributed by atoms with Crippen molar-refractivity contribution in [2.75, 3.05) is 0 Å². The van der Waals surface area contributed by atoms with Crippen LogP contribution in [0, 0.1) is 6.92 Å². The molecule has 1 heterocycles. The third-order valence-corrected chi connectivity index (χ3v) is 4.87. The van der Waals surface area contributed by atoms with E-state index in [-0.39, 0.29) is 23.4 Å².